The highest BCUT2D eigenvalue weighted by molar-refractivity contribution is 5.87. The summed E-state index contributed by atoms with van der Waals surface area (Å²) in [7, 11) is 0. The fraction of sp³-hybridized carbons (Fsp3) is 0.625. The number of aliphatic hydroxyl groups is 1. The maximum atomic E-state index is 10.9. The van der Waals surface area contributed by atoms with Crippen molar-refractivity contribution >= 4 is 5.91 Å². The molecule has 0 radical (unpaired) electrons. The molecule has 64 valence electrons. The van der Waals surface area contributed by atoms with E-state index in [9.17, 15) is 4.79 Å². The minimum Gasteiger partial charge on any atom is -0.394 e. The van der Waals surface area contributed by atoms with Crippen molar-refractivity contribution in [3.63, 3.8) is 0 Å². The van der Waals surface area contributed by atoms with Crippen molar-refractivity contribution in [1.82, 2.24) is 5.32 Å². The summed E-state index contributed by atoms with van der Waals surface area (Å²) < 4.78 is 0. The van der Waals surface area contributed by atoms with Gasteiger partial charge in [0.05, 0.1) is 6.61 Å². The first-order valence-electron chi connectivity index (χ1n) is 3.78. The van der Waals surface area contributed by atoms with E-state index in [1.165, 1.54) is 6.08 Å². The molecule has 1 unspecified atom stereocenters. The van der Waals surface area contributed by atoms with Gasteiger partial charge in [0.15, 0.2) is 0 Å². The van der Waals surface area contributed by atoms with Gasteiger partial charge in [-0.3, -0.25) is 4.79 Å². The topological polar surface area (TPSA) is 49.3 Å². The number of nitrogens with one attached hydrogen (secondary N) is 1. The molecule has 3 heteroatoms. The van der Waals surface area contributed by atoms with Crippen LogP contribution in [-0.4, -0.2) is 23.7 Å². The van der Waals surface area contributed by atoms with Gasteiger partial charge in [0.25, 0.3) is 0 Å². The number of rotatable bonds is 4. The van der Waals surface area contributed by atoms with Gasteiger partial charge < -0.3 is 10.4 Å². The fourth-order valence-corrected chi connectivity index (χ4v) is 0.561. The molecule has 11 heavy (non-hydrogen) atoms. The van der Waals surface area contributed by atoms with Crippen LogP contribution in [0.1, 0.15) is 20.3 Å². The largest absolute Gasteiger partial charge is 0.394 e. The van der Waals surface area contributed by atoms with Gasteiger partial charge in [-0.1, -0.05) is 13.0 Å². The summed E-state index contributed by atoms with van der Waals surface area (Å²) >= 11 is 0. The number of amides is 1. The van der Waals surface area contributed by atoms with Gasteiger partial charge in [0.1, 0.15) is 0 Å². The molecule has 0 heterocycles. The van der Waals surface area contributed by atoms with Crippen LogP contribution >= 0.6 is 0 Å². The quantitative estimate of drug-likeness (QED) is 0.582. The Kier molecular flexibility index (Phi) is 5.47. The second-order valence-electron chi connectivity index (χ2n) is 2.40. The summed E-state index contributed by atoms with van der Waals surface area (Å²) in [6, 6.07) is -0.163. The zero-order valence-electron chi connectivity index (χ0n) is 7.00. The molecule has 0 aliphatic carbocycles. The SMILES string of the molecule is CC/C=C/C(=O)NC(C)CO. The molecule has 0 aromatic rings. The maximum absolute atomic E-state index is 10.9. The minimum absolute atomic E-state index is 0.0221. The Morgan fingerprint density at radius 2 is 2.36 bits per heavy atom. The van der Waals surface area contributed by atoms with E-state index in [0.717, 1.165) is 6.42 Å². The second kappa shape index (κ2) is 5.92. The van der Waals surface area contributed by atoms with Crippen LogP contribution in [0.25, 0.3) is 0 Å². The molecule has 0 aliphatic heterocycles. The van der Waals surface area contributed by atoms with Gasteiger partial charge in [0, 0.05) is 6.04 Å². The van der Waals surface area contributed by atoms with Crippen LogP contribution in [0.3, 0.4) is 0 Å². The number of carbonyl (C=O) groups is 1. The summed E-state index contributed by atoms with van der Waals surface area (Å²) in [6.07, 6.45) is 4.10. The van der Waals surface area contributed by atoms with E-state index in [0.29, 0.717) is 0 Å². The fourth-order valence-electron chi connectivity index (χ4n) is 0.561. The van der Waals surface area contributed by atoms with E-state index in [4.69, 9.17) is 5.11 Å². The van der Waals surface area contributed by atoms with Crippen molar-refractivity contribution in [2.75, 3.05) is 6.61 Å². The second-order valence-corrected chi connectivity index (χ2v) is 2.40. The van der Waals surface area contributed by atoms with Crippen LogP contribution < -0.4 is 5.32 Å². The molecule has 0 aromatic carbocycles. The first-order valence-corrected chi connectivity index (χ1v) is 3.78. The smallest absolute Gasteiger partial charge is 0.243 e. The molecular formula is C8H15NO2. The number of hydrogen-bond donors (Lipinski definition) is 2. The highest BCUT2D eigenvalue weighted by atomic mass is 16.3. The molecule has 0 spiro atoms. The van der Waals surface area contributed by atoms with Crippen LogP contribution in [0.4, 0.5) is 0 Å². The third kappa shape index (κ3) is 5.61. The summed E-state index contributed by atoms with van der Waals surface area (Å²) in [5.74, 6) is -0.145. The van der Waals surface area contributed by atoms with Crippen molar-refractivity contribution in [2.24, 2.45) is 0 Å². The molecule has 1 amide bonds. The normalized spacial score (nSPS) is 13.4. The molecule has 0 aromatic heterocycles. The van der Waals surface area contributed by atoms with Crippen molar-refractivity contribution in [3.8, 4) is 0 Å². The van der Waals surface area contributed by atoms with Crippen molar-refractivity contribution < 1.29 is 9.90 Å². The van der Waals surface area contributed by atoms with E-state index in [2.05, 4.69) is 5.32 Å². The molecule has 0 fully saturated rings. The van der Waals surface area contributed by atoms with E-state index >= 15 is 0 Å². The Balaban J connectivity index is 3.60. The van der Waals surface area contributed by atoms with Crippen molar-refractivity contribution in [1.29, 1.82) is 0 Å². The van der Waals surface area contributed by atoms with Gasteiger partial charge >= 0.3 is 0 Å². The Hall–Kier alpha value is -0.830. The standard InChI is InChI=1S/C8H15NO2/c1-3-4-5-8(11)9-7(2)6-10/h4-5,7,10H,3,6H2,1-2H3,(H,9,11)/b5-4+. The van der Waals surface area contributed by atoms with Crippen LogP contribution in [0.2, 0.25) is 0 Å². The number of hydrogen-bond acceptors (Lipinski definition) is 2. The summed E-state index contributed by atoms with van der Waals surface area (Å²) in [4.78, 5) is 10.9. The highest BCUT2D eigenvalue weighted by Crippen LogP contribution is 1.82. The number of carbonyl (C=O) groups excluding carboxylic acids is 1. The van der Waals surface area contributed by atoms with Crippen LogP contribution in [0.5, 0.6) is 0 Å². The Morgan fingerprint density at radius 3 is 2.82 bits per heavy atom. The lowest BCUT2D eigenvalue weighted by Gasteiger charge is -2.07. The Labute approximate surface area is 67.1 Å². The predicted octanol–water partition coefficient (Wildman–Crippen LogP) is 0.450. The molecule has 0 saturated carbocycles. The predicted molar refractivity (Wildman–Crippen MR) is 44.1 cm³/mol. The van der Waals surface area contributed by atoms with Crippen LogP contribution in [0.15, 0.2) is 12.2 Å². The van der Waals surface area contributed by atoms with Crippen molar-refractivity contribution in [2.45, 2.75) is 26.3 Å². The third-order valence-electron chi connectivity index (χ3n) is 1.17. The van der Waals surface area contributed by atoms with E-state index in [1.54, 1.807) is 13.0 Å². The van der Waals surface area contributed by atoms with Gasteiger partial charge in [-0.25, -0.2) is 0 Å². The first-order chi connectivity index (χ1) is 5.20. The molecule has 0 aliphatic rings. The van der Waals surface area contributed by atoms with Crippen LogP contribution in [0, 0.1) is 0 Å². The van der Waals surface area contributed by atoms with E-state index in [1.807, 2.05) is 6.92 Å². The van der Waals surface area contributed by atoms with Crippen molar-refractivity contribution in [3.05, 3.63) is 12.2 Å². The summed E-state index contributed by atoms with van der Waals surface area (Å²) in [5, 5.41) is 11.2. The van der Waals surface area contributed by atoms with Gasteiger partial charge in [-0.05, 0) is 19.4 Å². The Morgan fingerprint density at radius 1 is 1.73 bits per heavy atom. The van der Waals surface area contributed by atoms with E-state index in [-0.39, 0.29) is 18.6 Å². The summed E-state index contributed by atoms with van der Waals surface area (Å²) in [6.45, 7) is 3.68. The average molecular weight is 157 g/mol. The van der Waals surface area contributed by atoms with Gasteiger partial charge in [-0.15, -0.1) is 0 Å². The highest BCUT2D eigenvalue weighted by Gasteiger charge is 2.00. The van der Waals surface area contributed by atoms with Gasteiger partial charge in [0.2, 0.25) is 5.91 Å². The summed E-state index contributed by atoms with van der Waals surface area (Å²) in [5.41, 5.74) is 0. The maximum Gasteiger partial charge on any atom is 0.243 e. The lowest BCUT2D eigenvalue weighted by Crippen LogP contribution is -2.33. The zero-order chi connectivity index (χ0) is 8.69. The number of aliphatic hydroxyl groups excluding tert-OH is 1. The van der Waals surface area contributed by atoms with E-state index < -0.39 is 0 Å². The first kappa shape index (κ1) is 10.2. The number of allylic oxidation sites excluding steroid dienone is 1. The average Bonchev–Trinajstić information content (AvgIpc) is 2.00. The molecule has 1 atom stereocenters. The molecule has 2 N–H and O–H groups in total. The lowest BCUT2D eigenvalue weighted by atomic mass is 10.3. The Bertz CT molecular complexity index is 143. The monoisotopic (exact) mass is 157 g/mol. The van der Waals surface area contributed by atoms with Crippen LogP contribution in [-0.2, 0) is 4.79 Å². The molecular weight excluding hydrogens is 142 g/mol. The third-order valence-corrected chi connectivity index (χ3v) is 1.17. The minimum atomic E-state index is -0.163. The molecule has 3 nitrogen and oxygen atoms in total. The molecule has 0 saturated heterocycles. The zero-order valence-corrected chi connectivity index (χ0v) is 7.00. The lowest BCUT2D eigenvalue weighted by molar-refractivity contribution is -0.117. The molecule has 0 rings (SSSR count). The van der Waals surface area contributed by atoms with Gasteiger partial charge in [-0.2, -0.15) is 0 Å². The molecule has 0 bridgehead atoms.